The van der Waals surface area contributed by atoms with Crippen molar-refractivity contribution in [1.82, 2.24) is 14.7 Å². The second-order valence-corrected chi connectivity index (χ2v) is 12.4. The molecule has 7 nitrogen and oxygen atoms in total. The van der Waals surface area contributed by atoms with Crippen molar-refractivity contribution < 1.29 is 14.3 Å². The molecule has 2 heterocycles. The van der Waals surface area contributed by atoms with E-state index in [0.29, 0.717) is 36.6 Å². The monoisotopic (exact) mass is 616 g/mol. The maximum absolute atomic E-state index is 14.3. The van der Waals surface area contributed by atoms with E-state index in [1.807, 2.05) is 59.2 Å². The van der Waals surface area contributed by atoms with Crippen LogP contribution < -0.4 is 9.64 Å². The summed E-state index contributed by atoms with van der Waals surface area (Å²) < 4.78 is 5.69. The third-order valence-corrected chi connectivity index (χ3v) is 8.90. The number of halogens is 1. The molecular formula is C36H45ClN4O3. The molecule has 2 amide bonds. The van der Waals surface area contributed by atoms with Gasteiger partial charge < -0.3 is 14.5 Å². The Morgan fingerprint density at radius 2 is 1.57 bits per heavy atom. The van der Waals surface area contributed by atoms with Crippen LogP contribution in [0.4, 0.5) is 5.69 Å². The van der Waals surface area contributed by atoms with Crippen molar-refractivity contribution in [2.24, 2.45) is 0 Å². The van der Waals surface area contributed by atoms with Gasteiger partial charge in [-0.05, 0) is 80.2 Å². The zero-order chi connectivity index (χ0) is 30.9. The molecule has 234 valence electrons. The highest BCUT2D eigenvalue weighted by atomic mass is 35.5. The second-order valence-electron chi connectivity index (χ2n) is 11.9. The van der Waals surface area contributed by atoms with Gasteiger partial charge in [-0.3, -0.25) is 19.4 Å². The van der Waals surface area contributed by atoms with Crippen LogP contribution in [0.25, 0.3) is 0 Å². The van der Waals surface area contributed by atoms with Crippen LogP contribution in [0, 0.1) is 0 Å². The quantitative estimate of drug-likeness (QED) is 0.285. The number of hydrogen-bond acceptors (Lipinski definition) is 5. The Hall–Kier alpha value is -3.39. The number of anilines is 1. The first-order valence-corrected chi connectivity index (χ1v) is 16.4. The Balaban J connectivity index is 1.49. The van der Waals surface area contributed by atoms with Crippen molar-refractivity contribution in [3.05, 3.63) is 94.0 Å². The Kier molecular flexibility index (Phi) is 11.3. The summed E-state index contributed by atoms with van der Waals surface area (Å²) in [6, 6.07) is 21.9. The van der Waals surface area contributed by atoms with Gasteiger partial charge in [-0.25, -0.2) is 0 Å². The molecular weight excluding hydrogens is 572 g/mol. The summed E-state index contributed by atoms with van der Waals surface area (Å²) in [7, 11) is 1.69. The number of likely N-dealkylation sites (tertiary alicyclic amines) is 1. The smallest absolute Gasteiger partial charge is 0.254 e. The third-order valence-electron chi connectivity index (χ3n) is 8.66. The molecule has 1 fully saturated rings. The maximum Gasteiger partial charge on any atom is 0.254 e. The minimum Gasteiger partial charge on any atom is -0.496 e. The highest BCUT2D eigenvalue weighted by Crippen LogP contribution is 2.30. The van der Waals surface area contributed by atoms with Crippen LogP contribution in [0.15, 0.2) is 66.7 Å². The van der Waals surface area contributed by atoms with Gasteiger partial charge in [0.15, 0.2) is 0 Å². The molecule has 44 heavy (non-hydrogen) atoms. The van der Waals surface area contributed by atoms with Crippen molar-refractivity contribution in [3.8, 4) is 5.75 Å². The molecule has 0 aliphatic carbocycles. The summed E-state index contributed by atoms with van der Waals surface area (Å²) in [4.78, 5) is 36.4. The van der Waals surface area contributed by atoms with E-state index in [1.54, 1.807) is 7.11 Å². The van der Waals surface area contributed by atoms with Gasteiger partial charge in [0.25, 0.3) is 5.91 Å². The van der Waals surface area contributed by atoms with Crippen molar-refractivity contribution >= 4 is 29.1 Å². The van der Waals surface area contributed by atoms with Gasteiger partial charge in [-0.15, -0.1) is 0 Å². The van der Waals surface area contributed by atoms with Crippen LogP contribution in [-0.4, -0.2) is 72.9 Å². The van der Waals surface area contributed by atoms with E-state index in [2.05, 4.69) is 34.1 Å². The number of nitrogens with zero attached hydrogens (tertiary/aromatic N) is 4. The number of benzene rings is 3. The van der Waals surface area contributed by atoms with Crippen molar-refractivity contribution in [2.75, 3.05) is 51.3 Å². The van der Waals surface area contributed by atoms with Gasteiger partial charge in [0.2, 0.25) is 5.91 Å². The van der Waals surface area contributed by atoms with Gasteiger partial charge in [0.1, 0.15) is 5.75 Å². The lowest BCUT2D eigenvalue weighted by Crippen LogP contribution is -2.38. The SMILES string of the molecule is CCCC(=O)N1CCCN(Cc2ccccc2)CCN(C(=O)c2ccc(OC)c(CN3CCCC3)c2)Cc2ccc(Cl)cc21. The lowest BCUT2D eigenvalue weighted by atomic mass is 10.1. The molecule has 2 aliphatic rings. The lowest BCUT2D eigenvalue weighted by Gasteiger charge is -2.29. The minimum absolute atomic E-state index is 0.0263. The van der Waals surface area contributed by atoms with Crippen molar-refractivity contribution in [2.45, 2.75) is 58.7 Å². The summed E-state index contributed by atoms with van der Waals surface area (Å²) in [5.41, 5.74) is 4.64. The first-order chi connectivity index (χ1) is 21.4. The Labute approximate surface area is 267 Å². The van der Waals surface area contributed by atoms with Crippen LogP contribution >= 0.6 is 11.6 Å². The van der Waals surface area contributed by atoms with Gasteiger partial charge in [-0.1, -0.05) is 54.9 Å². The summed E-state index contributed by atoms with van der Waals surface area (Å²) in [5, 5.41) is 0.582. The van der Waals surface area contributed by atoms with E-state index in [-0.39, 0.29) is 11.8 Å². The Bertz CT molecular complexity index is 1410. The highest BCUT2D eigenvalue weighted by Gasteiger charge is 2.25. The highest BCUT2D eigenvalue weighted by molar-refractivity contribution is 6.31. The van der Waals surface area contributed by atoms with Gasteiger partial charge >= 0.3 is 0 Å². The summed E-state index contributed by atoms with van der Waals surface area (Å²) in [6.45, 7) is 8.79. The molecule has 3 aromatic rings. The normalized spacial score (nSPS) is 16.8. The van der Waals surface area contributed by atoms with Crippen LogP contribution in [-0.2, 0) is 24.4 Å². The predicted molar refractivity (Wildman–Crippen MR) is 177 cm³/mol. The molecule has 0 bridgehead atoms. The number of carbonyl (C=O) groups is 2. The lowest BCUT2D eigenvalue weighted by molar-refractivity contribution is -0.118. The molecule has 8 heteroatoms. The van der Waals surface area contributed by atoms with Gasteiger partial charge in [-0.2, -0.15) is 0 Å². The van der Waals surface area contributed by atoms with E-state index in [1.165, 1.54) is 18.4 Å². The molecule has 0 unspecified atom stereocenters. The molecule has 3 aromatic carbocycles. The average molecular weight is 617 g/mol. The summed E-state index contributed by atoms with van der Waals surface area (Å²) >= 11 is 6.50. The van der Waals surface area contributed by atoms with Crippen LogP contribution in [0.1, 0.15) is 66.1 Å². The van der Waals surface area contributed by atoms with Crippen LogP contribution in [0.2, 0.25) is 5.02 Å². The van der Waals surface area contributed by atoms with Gasteiger partial charge in [0, 0.05) is 68.4 Å². The molecule has 1 saturated heterocycles. The second kappa shape index (κ2) is 15.6. The Morgan fingerprint density at radius 3 is 2.32 bits per heavy atom. The number of hydrogen-bond donors (Lipinski definition) is 0. The number of amides is 2. The molecule has 0 aromatic heterocycles. The number of fused-ring (bicyclic) bond motifs is 1. The molecule has 2 aliphatic heterocycles. The number of carbonyl (C=O) groups excluding carboxylic acids is 2. The summed E-state index contributed by atoms with van der Waals surface area (Å²) in [5.74, 6) is 0.871. The topological polar surface area (TPSA) is 56.3 Å². The molecule has 0 atom stereocenters. The van der Waals surface area contributed by atoms with E-state index >= 15 is 0 Å². The Morgan fingerprint density at radius 1 is 0.818 bits per heavy atom. The first kappa shape index (κ1) is 32.0. The van der Waals surface area contributed by atoms with E-state index in [4.69, 9.17) is 16.3 Å². The number of ether oxygens (including phenoxy) is 1. The molecule has 0 spiro atoms. The van der Waals surface area contributed by atoms with Crippen molar-refractivity contribution in [3.63, 3.8) is 0 Å². The van der Waals surface area contributed by atoms with Crippen LogP contribution in [0.3, 0.4) is 0 Å². The molecule has 0 saturated carbocycles. The van der Waals surface area contributed by atoms with Crippen LogP contribution in [0.5, 0.6) is 5.75 Å². The molecule has 0 N–H and O–H groups in total. The van der Waals surface area contributed by atoms with E-state index in [9.17, 15) is 9.59 Å². The number of methoxy groups -OCH3 is 1. The number of rotatable bonds is 8. The zero-order valence-corrected chi connectivity index (χ0v) is 26.9. The fourth-order valence-corrected chi connectivity index (χ4v) is 6.50. The molecule has 5 rings (SSSR count). The maximum atomic E-state index is 14.3. The fourth-order valence-electron chi connectivity index (χ4n) is 6.33. The third kappa shape index (κ3) is 8.20. The predicted octanol–water partition coefficient (Wildman–Crippen LogP) is 6.63. The van der Waals surface area contributed by atoms with Gasteiger partial charge in [0.05, 0.1) is 12.8 Å². The van der Waals surface area contributed by atoms with Crippen molar-refractivity contribution in [1.29, 1.82) is 0 Å². The first-order valence-electron chi connectivity index (χ1n) is 16.0. The average Bonchev–Trinajstić information content (AvgIpc) is 3.54. The zero-order valence-electron chi connectivity index (χ0n) is 26.1. The van der Waals surface area contributed by atoms with E-state index in [0.717, 1.165) is 74.7 Å². The standard InChI is InChI=1S/C36H45ClN4O3/c1-3-10-35(42)41-20-9-19-39(25-28-11-5-4-6-12-28)21-22-40(27-30-13-15-32(37)24-33(30)41)36(43)29-14-16-34(44-2)31(23-29)26-38-17-7-8-18-38/h4-6,11-16,23-24H,3,7-10,17-22,25-27H2,1-2H3. The van der Waals surface area contributed by atoms with E-state index < -0.39 is 0 Å². The summed E-state index contributed by atoms with van der Waals surface area (Å²) in [6.07, 6.45) is 4.46. The largest absolute Gasteiger partial charge is 0.496 e. The fraction of sp³-hybridized carbons (Fsp3) is 0.444. The molecule has 0 radical (unpaired) electrons. The minimum atomic E-state index is -0.0263.